The predicted molar refractivity (Wildman–Crippen MR) is 79.9 cm³/mol. The van der Waals surface area contributed by atoms with Crippen LogP contribution in [0.15, 0.2) is 42.5 Å². The minimum Gasteiger partial charge on any atom is -0.324 e. The van der Waals surface area contributed by atoms with Crippen LogP contribution in [-0.4, -0.2) is 0 Å². The van der Waals surface area contributed by atoms with E-state index >= 15 is 0 Å². The molecule has 0 aromatic heterocycles. The highest BCUT2D eigenvalue weighted by molar-refractivity contribution is 5.32. The van der Waals surface area contributed by atoms with Crippen molar-refractivity contribution in [3.63, 3.8) is 0 Å². The number of hydrogen-bond donors (Lipinski definition) is 1. The van der Waals surface area contributed by atoms with Crippen LogP contribution < -0.4 is 5.73 Å². The Kier molecular flexibility index (Phi) is 4.02. The number of nitrogens with two attached hydrogens (primary N) is 1. The second-order valence-corrected chi connectivity index (χ2v) is 5.83. The number of halogens is 2. The second-order valence-electron chi connectivity index (χ2n) is 5.83. The van der Waals surface area contributed by atoms with Crippen LogP contribution in [0.4, 0.5) is 8.78 Å². The molecule has 0 heterocycles. The van der Waals surface area contributed by atoms with Gasteiger partial charge in [-0.2, -0.15) is 0 Å². The SMILES string of the molecule is NC1c2ccccc2CCCC1Cc1ccc(F)c(F)c1. The van der Waals surface area contributed by atoms with Gasteiger partial charge in [0.25, 0.3) is 0 Å². The summed E-state index contributed by atoms with van der Waals surface area (Å²) < 4.78 is 26.4. The first-order chi connectivity index (χ1) is 10.1. The molecule has 2 aromatic rings. The highest BCUT2D eigenvalue weighted by Crippen LogP contribution is 2.33. The highest BCUT2D eigenvalue weighted by Gasteiger charge is 2.25. The van der Waals surface area contributed by atoms with E-state index in [2.05, 4.69) is 12.1 Å². The van der Waals surface area contributed by atoms with Gasteiger partial charge in [-0.25, -0.2) is 8.78 Å². The molecule has 3 rings (SSSR count). The van der Waals surface area contributed by atoms with E-state index in [9.17, 15) is 8.78 Å². The Morgan fingerprint density at radius 3 is 2.67 bits per heavy atom. The maximum absolute atomic E-state index is 13.3. The number of benzene rings is 2. The zero-order valence-corrected chi connectivity index (χ0v) is 11.9. The molecule has 0 bridgehead atoms. The van der Waals surface area contributed by atoms with E-state index in [1.54, 1.807) is 6.07 Å². The fraction of sp³-hybridized carbons (Fsp3) is 0.333. The molecule has 0 fully saturated rings. The Morgan fingerprint density at radius 2 is 1.86 bits per heavy atom. The van der Waals surface area contributed by atoms with Gasteiger partial charge in [0.2, 0.25) is 0 Å². The standard InChI is InChI=1S/C18H19F2N/c19-16-9-8-12(11-17(16)20)10-14-6-3-5-13-4-1-2-7-15(13)18(14)21/h1-2,4,7-9,11,14,18H,3,5-6,10,21H2. The normalized spacial score (nSPS) is 21.7. The van der Waals surface area contributed by atoms with Gasteiger partial charge in [-0.1, -0.05) is 30.3 Å². The summed E-state index contributed by atoms with van der Waals surface area (Å²) in [6.07, 6.45) is 3.82. The molecular formula is C18H19F2N. The van der Waals surface area contributed by atoms with E-state index in [1.807, 2.05) is 12.1 Å². The highest BCUT2D eigenvalue weighted by atomic mass is 19.2. The Balaban J connectivity index is 1.84. The Hall–Kier alpha value is -1.74. The second kappa shape index (κ2) is 5.94. The van der Waals surface area contributed by atoms with Gasteiger partial charge in [0.15, 0.2) is 11.6 Å². The Bertz CT molecular complexity index is 639. The molecule has 2 unspecified atom stereocenters. The van der Waals surface area contributed by atoms with E-state index in [4.69, 9.17) is 5.73 Å². The van der Waals surface area contributed by atoms with Crippen molar-refractivity contribution < 1.29 is 8.78 Å². The van der Waals surface area contributed by atoms with E-state index in [0.717, 1.165) is 24.8 Å². The minimum atomic E-state index is -0.797. The van der Waals surface area contributed by atoms with Gasteiger partial charge in [0.05, 0.1) is 0 Å². The summed E-state index contributed by atoms with van der Waals surface area (Å²) in [7, 11) is 0. The summed E-state index contributed by atoms with van der Waals surface area (Å²) in [6, 6.07) is 12.4. The van der Waals surface area contributed by atoms with Gasteiger partial charge >= 0.3 is 0 Å². The van der Waals surface area contributed by atoms with Gasteiger partial charge in [0.1, 0.15) is 0 Å². The molecular weight excluding hydrogens is 268 g/mol. The van der Waals surface area contributed by atoms with Crippen molar-refractivity contribution in [3.05, 3.63) is 70.8 Å². The summed E-state index contributed by atoms with van der Waals surface area (Å²) in [5, 5.41) is 0. The van der Waals surface area contributed by atoms with Crippen LogP contribution in [-0.2, 0) is 12.8 Å². The maximum Gasteiger partial charge on any atom is 0.159 e. The molecule has 110 valence electrons. The van der Waals surface area contributed by atoms with Crippen molar-refractivity contribution in [2.24, 2.45) is 11.7 Å². The van der Waals surface area contributed by atoms with E-state index in [1.165, 1.54) is 23.3 Å². The fourth-order valence-electron chi connectivity index (χ4n) is 3.27. The quantitative estimate of drug-likeness (QED) is 0.825. The summed E-state index contributed by atoms with van der Waals surface area (Å²) in [5.41, 5.74) is 9.77. The first-order valence-corrected chi connectivity index (χ1v) is 7.42. The smallest absolute Gasteiger partial charge is 0.159 e. The van der Waals surface area contributed by atoms with Gasteiger partial charge in [0, 0.05) is 6.04 Å². The molecule has 0 spiro atoms. The van der Waals surface area contributed by atoms with Crippen LogP contribution in [0.25, 0.3) is 0 Å². The molecule has 0 aliphatic heterocycles. The first-order valence-electron chi connectivity index (χ1n) is 7.42. The van der Waals surface area contributed by atoms with Gasteiger partial charge < -0.3 is 5.73 Å². The zero-order chi connectivity index (χ0) is 14.8. The molecule has 2 atom stereocenters. The summed E-state index contributed by atoms with van der Waals surface area (Å²) >= 11 is 0. The average molecular weight is 287 g/mol. The van der Waals surface area contributed by atoms with Crippen molar-refractivity contribution in [2.75, 3.05) is 0 Å². The lowest BCUT2D eigenvalue weighted by Crippen LogP contribution is -2.23. The molecule has 0 saturated carbocycles. The molecule has 0 saturated heterocycles. The molecule has 21 heavy (non-hydrogen) atoms. The molecule has 0 radical (unpaired) electrons. The van der Waals surface area contributed by atoms with Crippen molar-refractivity contribution in [2.45, 2.75) is 31.7 Å². The summed E-state index contributed by atoms with van der Waals surface area (Å²) in [6.45, 7) is 0. The molecule has 1 aliphatic carbocycles. The first kappa shape index (κ1) is 14.2. The van der Waals surface area contributed by atoms with E-state index in [0.29, 0.717) is 6.42 Å². The largest absolute Gasteiger partial charge is 0.324 e. The van der Waals surface area contributed by atoms with Gasteiger partial charge in [-0.3, -0.25) is 0 Å². The maximum atomic E-state index is 13.3. The van der Waals surface area contributed by atoms with E-state index in [-0.39, 0.29) is 12.0 Å². The number of rotatable bonds is 2. The minimum absolute atomic E-state index is 0.0446. The van der Waals surface area contributed by atoms with Crippen molar-refractivity contribution >= 4 is 0 Å². The summed E-state index contributed by atoms with van der Waals surface area (Å²) in [5.74, 6) is -1.32. The zero-order valence-electron chi connectivity index (χ0n) is 11.9. The Labute approximate surface area is 123 Å². The van der Waals surface area contributed by atoms with Crippen LogP contribution in [0.2, 0.25) is 0 Å². The lowest BCUT2D eigenvalue weighted by molar-refractivity contribution is 0.400. The van der Waals surface area contributed by atoms with Gasteiger partial charge in [-0.05, 0) is 60.4 Å². The third-order valence-corrected chi connectivity index (χ3v) is 4.43. The van der Waals surface area contributed by atoms with Gasteiger partial charge in [-0.15, -0.1) is 0 Å². The molecule has 0 amide bonds. The van der Waals surface area contributed by atoms with Crippen molar-refractivity contribution in [1.29, 1.82) is 0 Å². The third kappa shape index (κ3) is 2.98. The average Bonchev–Trinajstić information content (AvgIpc) is 2.64. The molecule has 2 N–H and O–H groups in total. The van der Waals surface area contributed by atoms with Crippen LogP contribution >= 0.6 is 0 Å². The van der Waals surface area contributed by atoms with Crippen molar-refractivity contribution in [3.8, 4) is 0 Å². The number of fused-ring (bicyclic) bond motifs is 1. The van der Waals surface area contributed by atoms with Crippen LogP contribution in [0.5, 0.6) is 0 Å². The topological polar surface area (TPSA) is 26.0 Å². The third-order valence-electron chi connectivity index (χ3n) is 4.43. The molecule has 3 heteroatoms. The van der Waals surface area contributed by atoms with Crippen molar-refractivity contribution in [1.82, 2.24) is 0 Å². The monoisotopic (exact) mass is 287 g/mol. The molecule has 1 aliphatic rings. The van der Waals surface area contributed by atoms with E-state index < -0.39 is 11.6 Å². The number of aryl methyl sites for hydroxylation is 1. The van der Waals surface area contributed by atoms with Crippen LogP contribution in [0.1, 0.15) is 35.6 Å². The predicted octanol–water partition coefficient (Wildman–Crippen LogP) is 4.16. The molecule has 2 aromatic carbocycles. The lowest BCUT2D eigenvalue weighted by Gasteiger charge is -2.23. The fourth-order valence-corrected chi connectivity index (χ4v) is 3.27. The number of hydrogen-bond acceptors (Lipinski definition) is 1. The Morgan fingerprint density at radius 1 is 1.05 bits per heavy atom. The van der Waals surface area contributed by atoms with Crippen LogP contribution in [0.3, 0.4) is 0 Å². The molecule has 1 nitrogen and oxygen atoms in total. The lowest BCUT2D eigenvalue weighted by atomic mass is 9.86. The summed E-state index contributed by atoms with van der Waals surface area (Å²) in [4.78, 5) is 0. The van der Waals surface area contributed by atoms with Crippen LogP contribution in [0, 0.1) is 17.6 Å².